The summed E-state index contributed by atoms with van der Waals surface area (Å²) < 4.78 is 10.6. The van der Waals surface area contributed by atoms with E-state index < -0.39 is 0 Å². The van der Waals surface area contributed by atoms with E-state index >= 15 is 0 Å². The van der Waals surface area contributed by atoms with E-state index in [4.69, 9.17) is 9.47 Å². The van der Waals surface area contributed by atoms with E-state index in [1.165, 1.54) is 11.3 Å². The molecule has 0 aliphatic rings. The Labute approximate surface area is 162 Å². The van der Waals surface area contributed by atoms with Gasteiger partial charge in [0.05, 0.1) is 19.9 Å². The lowest BCUT2D eigenvalue weighted by Gasteiger charge is -2.10. The van der Waals surface area contributed by atoms with Gasteiger partial charge in [-0.15, -0.1) is 11.3 Å². The van der Waals surface area contributed by atoms with Crippen LogP contribution in [0, 0.1) is 13.8 Å². The van der Waals surface area contributed by atoms with Gasteiger partial charge in [0.2, 0.25) is 0 Å². The fraction of sp³-hybridized carbons (Fsp3) is 0.200. The van der Waals surface area contributed by atoms with Gasteiger partial charge in [0.25, 0.3) is 5.91 Å². The van der Waals surface area contributed by atoms with Crippen molar-refractivity contribution < 1.29 is 14.3 Å². The minimum absolute atomic E-state index is 0.243. The molecule has 0 bridgehead atoms. The quantitative estimate of drug-likeness (QED) is 0.641. The first-order valence-corrected chi connectivity index (χ1v) is 9.21. The van der Waals surface area contributed by atoms with Crippen LogP contribution in [0.3, 0.4) is 0 Å². The van der Waals surface area contributed by atoms with Gasteiger partial charge < -0.3 is 20.1 Å². The molecule has 6 nitrogen and oxygen atoms in total. The predicted octanol–water partition coefficient (Wildman–Crippen LogP) is 4.77. The number of hydrogen-bond donors (Lipinski definition) is 2. The maximum absolute atomic E-state index is 12.5. The second kappa shape index (κ2) is 8.09. The number of methoxy groups -OCH3 is 2. The van der Waals surface area contributed by atoms with Gasteiger partial charge in [-0.05, 0) is 37.6 Å². The van der Waals surface area contributed by atoms with Gasteiger partial charge in [0, 0.05) is 17.1 Å². The number of amides is 1. The molecule has 3 rings (SSSR count). The second-order valence-electron chi connectivity index (χ2n) is 6.00. The summed E-state index contributed by atoms with van der Waals surface area (Å²) in [7, 11) is 3.19. The number of aryl methyl sites for hydroxylation is 2. The monoisotopic (exact) mass is 383 g/mol. The molecule has 27 heavy (non-hydrogen) atoms. The van der Waals surface area contributed by atoms with E-state index in [9.17, 15) is 4.79 Å². The smallest absolute Gasteiger partial charge is 0.275 e. The summed E-state index contributed by atoms with van der Waals surface area (Å²) in [6.07, 6.45) is 0. The van der Waals surface area contributed by atoms with Crippen LogP contribution >= 0.6 is 11.3 Å². The zero-order valence-electron chi connectivity index (χ0n) is 15.6. The molecule has 7 heteroatoms. The van der Waals surface area contributed by atoms with Crippen LogP contribution in [0.4, 0.5) is 16.5 Å². The van der Waals surface area contributed by atoms with Gasteiger partial charge in [-0.25, -0.2) is 4.98 Å². The van der Waals surface area contributed by atoms with Gasteiger partial charge in [0.15, 0.2) is 5.13 Å². The Balaban J connectivity index is 1.74. The number of anilines is 3. The Morgan fingerprint density at radius 1 is 1.04 bits per heavy atom. The molecule has 1 heterocycles. The molecule has 0 aliphatic heterocycles. The van der Waals surface area contributed by atoms with Crippen molar-refractivity contribution >= 4 is 33.8 Å². The molecule has 1 amide bonds. The second-order valence-corrected chi connectivity index (χ2v) is 6.86. The van der Waals surface area contributed by atoms with Gasteiger partial charge in [0.1, 0.15) is 17.2 Å². The summed E-state index contributed by atoms with van der Waals surface area (Å²) in [6, 6.07) is 11.3. The Bertz CT molecular complexity index is 969. The van der Waals surface area contributed by atoms with Crippen LogP contribution in [0.15, 0.2) is 41.8 Å². The van der Waals surface area contributed by atoms with Crippen LogP contribution < -0.4 is 20.1 Å². The van der Waals surface area contributed by atoms with Crippen LogP contribution in [0.25, 0.3) is 0 Å². The maximum atomic E-state index is 12.5. The summed E-state index contributed by atoms with van der Waals surface area (Å²) >= 11 is 1.35. The molecule has 2 N–H and O–H groups in total. The fourth-order valence-electron chi connectivity index (χ4n) is 2.59. The minimum atomic E-state index is -0.243. The van der Waals surface area contributed by atoms with Crippen molar-refractivity contribution in [3.8, 4) is 11.5 Å². The van der Waals surface area contributed by atoms with E-state index in [1.807, 2.05) is 44.2 Å². The standard InChI is InChI=1S/C20H21N3O3S/c1-12-5-7-15(13(2)9-12)21-19(24)17-11-27-20(23-17)22-16-8-6-14(25-3)10-18(16)26-4/h5-11H,1-4H3,(H,21,24)(H,22,23). The van der Waals surface area contributed by atoms with Crippen molar-refractivity contribution in [2.75, 3.05) is 24.9 Å². The molecular weight excluding hydrogens is 362 g/mol. The van der Waals surface area contributed by atoms with Gasteiger partial charge in [-0.2, -0.15) is 0 Å². The number of nitrogens with zero attached hydrogens (tertiary/aromatic N) is 1. The fourth-order valence-corrected chi connectivity index (χ4v) is 3.30. The lowest BCUT2D eigenvalue weighted by molar-refractivity contribution is 0.102. The first-order valence-electron chi connectivity index (χ1n) is 8.33. The Morgan fingerprint density at radius 2 is 1.81 bits per heavy atom. The molecule has 0 fully saturated rings. The third-order valence-corrected chi connectivity index (χ3v) is 4.77. The number of nitrogens with one attached hydrogen (secondary N) is 2. The van der Waals surface area contributed by atoms with E-state index in [0.29, 0.717) is 22.3 Å². The number of hydrogen-bond acceptors (Lipinski definition) is 6. The zero-order valence-corrected chi connectivity index (χ0v) is 16.4. The highest BCUT2D eigenvalue weighted by Crippen LogP contribution is 2.32. The summed E-state index contributed by atoms with van der Waals surface area (Å²) in [5.74, 6) is 1.09. The molecular formula is C20H21N3O3S. The van der Waals surface area contributed by atoms with Crippen molar-refractivity contribution in [3.63, 3.8) is 0 Å². The molecule has 0 saturated carbocycles. The first kappa shape index (κ1) is 18.7. The molecule has 2 aromatic carbocycles. The van der Waals surface area contributed by atoms with E-state index in [1.54, 1.807) is 25.7 Å². The average Bonchev–Trinajstić information content (AvgIpc) is 3.13. The van der Waals surface area contributed by atoms with Crippen LogP contribution in [0.2, 0.25) is 0 Å². The zero-order chi connectivity index (χ0) is 19.4. The molecule has 0 aliphatic carbocycles. The third kappa shape index (κ3) is 4.38. The normalized spacial score (nSPS) is 10.4. The highest BCUT2D eigenvalue weighted by molar-refractivity contribution is 7.14. The Morgan fingerprint density at radius 3 is 2.52 bits per heavy atom. The van der Waals surface area contributed by atoms with Gasteiger partial charge >= 0.3 is 0 Å². The lowest BCUT2D eigenvalue weighted by atomic mass is 10.1. The molecule has 0 spiro atoms. The van der Waals surface area contributed by atoms with Crippen LogP contribution in [0.5, 0.6) is 11.5 Å². The highest BCUT2D eigenvalue weighted by atomic mass is 32.1. The molecule has 3 aromatic rings. The summed E-state index contributed by atoms with van der Waals surface area (Å²) in [5, 5.41) is 8.40. The number of thiazole rings is 1. The Hall–Kier alpha value is -3.06. The Kier molecular flexibility index (Phi) is 5.61. The largest absolute Gasteiger partial charge is 0.497 e. The highest BCUT2D eigenvalue weighted by Gasteiger charge is 2.14. The van der Waals surface area contributed by atoms with Gasteiger partial charge in [-0.3, -0.25) is 4.79 Å². The van der Waals surface area contributed by atoms with Crippen molar-refractivity contribution in [1.29, 1.82) is 0 Å². The predicted molar refractivity (Wildman–Crippen MR) is 109 cm³/mol. The number of rotatable bonds is 6. The molecule has 0 unspecified atom stereocenters. The van der Waals surface area contributed by atoms with Crippen molar-refractivity contribution in [3.05, 3.63) is 58.6 Å². The van der Waals surface area contributed by atoms with E-state index in [2.05, 4.69) is 15.6 Å². The van der Waals surface area contributed by atoms with Crippen LogP contribution in [-0.2, 0) is 0 Å². The molecule has 140 valence electrons. The number of carbonyl (C=O) groups excluding carboxylic acids is 1. The minimum Gasteiger partial charge on any atom is -0.497 e. The first-order chi connectivity index (χ1) is 13.0. The van der Waals surface area contributed by atoms with Crippen LogP contribution in [-0.4, -0.2) is 25.1 Å². The number of carbonyl (C=O) groups is 1. The lowest BCUT2D eigenvalue weighted by Crippen LogP contribution is -2.13. The molecule has 1 aromatic heterocycles. The number of ether oxygens (including phenoxy) is 2. The van der Waals surface area contributed by atoms with E-state index in [-0.39, 0.29) is 5.91 Å². The SMILES string of the molecule is COc1ccc(Nc2nc(C(=O)Nc3ccc(C)cc3C)cs2)c(OC)c1. The summed E-state index contributed by atoms with van der Waals surface area (Å²) in [6.45, 7) is 3.98. The molecule has 0 atom stereocenters. The van der Waals surface area contributed by atoms with Crippen molar-refractivity contribution in [2.45, 2.75) is 13.8 Å². The topological polar surface area (TPSA) is 72.5 Å². The number of aromatic nitrogens is 1. The molecule has 0 radical (unpaired) electrons. The average molecular weight is 383 g/mol. The summed E-state index contributed by atoms with van der Waals surface area (Å²) in [5.41, 5.74) is 4.05. The van der Waals surface area contributed by atoms with Gasteiger partial charge in [-0.1, -0.05) is 17.7 Å². The molecule has 0 saturated heterocycles. The third-order valence-electron chi connectivity index (χ3n) is 4.02. The summed E-state index contributed by atoms with van der Waals surface area (Å²) in [4.78, 5) is 16.9. The van der Waals surface area contributed by atoms with Crippen molar-refractivity contribution in [2.24, 2.45) is 0 Å². The maximum Gasteiger partial charge on any atom is 0.275 e. The van der Waals surface area contributed by atoms with Crippen molar-refractivity contribution in [1.82, 2.24) is 4.98 Å². The number of benzene rings is 2. The van der Waals surface area contributed by atoms with E-state index in [0.717, 1.165) is 22.5 Å². The van der Waals surface area contributed by atoms with Crippen LogP contribution in [0.1, 0.15) is 21.6 Å².